The number of anilines is 1. The number of carbonyl (C=O) groups is 1. The minimum atomic E-state index is -1.57. The molecule has 1 aromatic carbocycles. The Bertz CT molecular complexity index is 789. The molecule has 140 valence electrons. The lowest BCUT2D eigenvalue weighted by atomic mass is 10.0. The smallest absolute Gasteiger partial charge is 0.245 e. The molecule has 1 saturated heterocycles. The van der Waals surface area contributed by atoms with Gasteiger partial charge in [0.2, 0.25) is 17.1 Å². The number of amidine groups is 1. The molecule has 1 amide bonds. The third-order valence-electron chi connectivity index (χ3n) is 4.27. The van der Waals surface area contributed by atoms with Crippen LogP contribution in [0.4, 0.5) is 5.69 Å². The van der Waals surface area contributed by atoms with Gasteiger partial charge >= 0.3 is 0 Å². The van der Waals surface area contributed by atoms with Crippen molar-refractivity contribution in [3.63, 3.8) is 0 Å². The van der Waals surface area contributed by atoms with Gasteiger partial charge in [-0.05, 0) is 36.5 Å². The van der Waals surface area contributed by atoms with Crippen molar-refractivity contribution in [1.29, 1.82) is 0 Å². The lowest BCUT2D eigenvalue weighted by Gasteiger charge is -2.29. The molecule has 2 heterocycles. The van der Waals surface area contributed by atoms with Gasteiger partial charge in [-0.1, -0.05) is 19.9 Å². The first kappa shape index (κ1) is 18.4. The zero-order chi connectivity index (χ0) is 18.7. The van der Waals surface area contributed by atoms with Gasteiger partial charge in [0.15, 0.2) is 0 Å². The second-order valence-corrected chi connectivity index (χ2v) is 7.80. The Morgan fingerprint density at radius 3 is 3.08 bits per heavy atom. The predicted octanol–water partition coefficient (Wildman–Crippen LogP) is 2.33. The summed E-state index contributed by atoms with van der Waals surface area (Å²) in [7, 11) is 0. The summed E-state index contributed by atoms with van der Waals surface area (Å²) in [6.45, 7) is 5.48. The topological polar surface area (TPSA) is 97.0 Å². The quantitative estimate of drug-likeness (QED) is 0.788. The van der Waals surface area contributed by atoms with Gasteiger partial charge < -0.3 is 15.4 Å². The van der Waals surface area contributed by atoms with E-state index in [1.807, 2.05) is 18.7 Å². The summed E-state index contributed by atoms with van der Waals surface area (Å²) in [5.41, 5.74) is 8.21. The number of carbonyl (C=O) groups excluding carboxylic acids is 1. The summed E-state index contributed by atoms with van der Waals surface area (Å²) in [5.74, 6) is 1.27. The largest absolute Gasteiger partial charge is 0.464 e. The minimum absolute atomic E-state index is 0.184. The first-order valence-electron chi connectivity index (χ1n) is 8.72. The molecule has 1 fully saturated rings. The van der Waals surface area contributed by atoms with Crippen LogP contribution in [0.5, 0.6) is 5.75 Å². The van der Waals surface area contributed by atoms with E-state index in [1.165, 1.54) is 0 Å². The molecule has 3 N–H and O–H groups in total. The number of rotatable bonds is 4. The summed E-state index contributed by atoms with van der Waals surface area (Å²) >= 11 is -1.57. The van der Waals surface area contributed by atoms with Crippen LogP contribution in [0.15, 0.2) is 34.4 Å². The van der Waals surface area contributed by atoms with E-state index in [-0.39, 0.29) is 11.7 Å². The van der Waals surface area contributed by atoms with Gasteiger partial charge in [-0.25, -0.2) is 4.21 Å². The van der Waals surface area contributed by atoms with Crippen molar-refractivity contribution < 1.29 is 13.7 Å². The van der Waals surface area contributed by atoms with Crippen molar-refractivity contribution in [2.24, 2.45) is 16.0 Å². The van der Waals surface area contributed by atoms with Crippen LogP contribution in [-0.2, 0) is 16.0 Å². The zero-order valence-corrected chi connectivity index (χ0v) is 15.8. The Hall–Kier alpha value is -2.35. The number of fused-ring (bicyclic) bond motifs is 1. The highest BCUT2D eigenvalue weighted by Crippen LogP contribution is 2.30. The molecule has 1 atom stereocenters. The van der Waals surface area contributed by atoms with Gasteiger partial charge in [0.25, 0.3) is 0 Å². The van der Waals surface area contributed by atoms with Gasteiger partial charge in [0, 0.05) is 19.5 Å². The van der Waals surface area contributed by atoms with Crippen molar-refractivity contribution >= 4 is 28.6 Å². The molecular weight excluding hydrogens is 352 g/mol. The number of ether oxygens (including phenoxy) is 1. The van der Waals surface area contributed by atoms with E-state index >= 15 is 0 Å². The summed E-state index contributed by atoms with van der Waals surface area (Å²) < 4.78 is 24.0. The molecule has 7 nitrogen and oxygen atoms in total. The van der Waals surface area contributed by atoms with E-state index in [0.717, 1.165) is 25.0 Å². The molecule has 2 aliphatic rings. The number of benzene rings is 1. The first-order chi connectivity index (χ1) is 12.4. The molecule has 1 unspecified atom stereocenters. The Morgan fingerprint density at radius 2 is 2.31 bits per heavy atom. The maximum Gasteiger partial charge on any atom is 0.245 e. The third kappa shape index (κ3) is 4.24. The van der Waals surface area contributed by atoms with Crippen molar-refractivity contribution in [1.82, 2.24) is 4.90 Å². The number of piperidine rings is 1. The van der Waals surface area contributed by atoms with Gasteiger partial charge in [-0.3, -0.25) is 9.52 Å². The number of amides is 1. The Kier molecular flexibility index (Phi) is 5.61. The van der Waals surface area contributed by atoms with Gasteiger partial charge in [-0.2, -0.15) is 4.40 Å². The molecule has 0 bridgehead atoms. The fraction of sp³-hybridized carbons (Fsp3) is 0.444. The van der Waals surface area contributed by atoms with Gasteiger partial charge in [-0.15, -0.1) is 0 Å². The van der Waals surface area contributed by atoms with E-state index in [2.05, 4.69) is 9.12 Å². The van der Waals surface area contributed by atoms with Crippen LogP contribution < -0.4 is 15.2 Å². The summed E-state index contributed by atoms with van der Waals surface area (Å²) in [6.07, 6.45) is 4.09. The fourth-order valence-electron chi connectivity index (χ4n) is 3.06. The second kappa shape index (κ2) is 7.90. The number of nitrogens with two attached hydrogens (primary N) is 1. The SMILES string of the molecule is CC(C)CC(=O)N1CCC/C(=C\Oc2cccc3c2C(N)=NS(=O)N3)C1. The fourth-order valence-corrected chi connectivity index (χ4v) is 3.74. The second-order valence-electron chi connectivity index (χ2n) is 6.92. The highest BCUT2D eigenvalue weighted by Gasteiger charge is 2.22. The molecule has 8 heteroatoms. The maximum atomic E-state index is 12.3. The highest BCUT2D eigenvalue weighted by molar-refractivity contribution is 7.85. The van der Waals surface area contributed by atoms with Crippen LogP contribution in [0.3, 0.4) is 0 Å². The average molecular weight is 376 g/mol. The van der Waals surface area contributed by atoms with Crippen LogP contribution in [0.1, 0.15) is 38.7 Å². The zero-order valence-electron chi connectivity index (χ0n) is 15.0. The van der Waals surface area contributed by atoms with E-state index in [1.54, 1.807) is 24.5 Å². The van der Waals surface area contributed by atoms with Gasteiger partial charge in [0.1, 0.15) is 11.6 Å². The lowest BCUT2D eigenvalue weighted by Crippen LogP contribution is -2.37. The van der Waals surface area contributed by atoms with E-state index in [0.29, 0.717) is 35.9 Å². The van der Waals surface area contributed by atoms with Crippen molar-refractivity contribution in [3.8, 4) is 5.75 Å². The highest BCUT2D eigenvalue weighted by atomic mass is 32.2. The third-order valence-corrected chi connectivity index (χ3v) is 5.03. The average Bonchev–Trinajstić information content (AvgIpc) is 2.59. The predicted molar refractivity (Wildman–Crippen MR) is 103 cm³/mol. The number of likely N-dealkylation sites (tertiary alicyclic amines) is 1. The molecule has 0 aliphatic carbocycles. The minimum Gasteiger partial charge on any atom is -0.464 e. The molecule has 2 aliphatic heterocycles. The first-order valence-corrected chi connectivity index (χ1v) is 9.83. The molecule has 1 aromatic rings. The molecule has 0 aromatic heterocycles. The number of hydrogen-bond acceptors (Lipinski definition) is 4. The molecule has 26 heavy (non-hydrogen) atoms. The van der Waals surface area contributed by atoms with Crippen molar-refractivity contribution in [2.45, 2.75) is 33.1 Å². The van der Waals surface area contributed by atoms with Crippen LogP contribution >= 0.6 is 0 Å². The monoisotopic (exact) mass is 376 g/mol. The lowest BCUT2D eigenvalue weighted by molar-refractivity contribution is -0.132. The van der Waals surface area contributed by atoms with Crippen LogP contribution in [0, 0.1) is 5.92 Å². The number of hydrogen-bond donors (Lipinski definition) is 2. The normalized spacial score (nSPS) is 21.2. The van der Waals surface area contributed by atoms with E-state index in [9.17, 15) is 9.00 Å². The maximum absolute atomic E-state index is 12.3. The van der Waals surface area contributed by atoms with Crippen molar-refractivity contribution in [3.05, 3.63) is 35.6 Å². The van der Waals surface area contributed by atoms with Gasteiger partial charge in [0.05, 0.1) is 17.5 Å². The van der Waals surface area contributed by atoms with Crippen LogP contribution in [0.2, 0.25) is 0 Å². The molecule has 0 spiro atoms. The Labute approximate surface area is 156 Å². The molecule has 0 saturated carbocycles. The van der Waals surface area contributed by atoms with Crippen LogP contribution in [-0.4, -0.2) is 33.9 Å². The summed E-state index contributed by atoms with van der Waals surface area (Å²) in [6, 6.07) is 5.37. The molecular formula is C18H24N4O3S. The number of nitrogens with one attached hydrogen (secondary N) is 1. The van der Waals surface area contributed by atoms with Crippen LogP contribution in [0.25, 0.3) is 0 Å². The van der Waals surface area contributed by atoms with E-state index < -0.39 is 11.2 Å². The standard InChI is InChI=1S/C18H24N4O3S/c1-12(2)9-16(23)22-8-4-5-13(10-22)11-25-15-7-3-6-14-17(15)18(19)21-26(24)20-14/h3,6-7,11-12,20H,4-5,8-10H2,1-2H3,(H2,19,21)/b13-11+. The van der Waals surface area contributed by atoms with E-state index in [4.69, 9.17) is 10.5 Å². The Morgan fingerprint density at radius 1 is 1.50 bits per heavy atom. The molecule has 3 rings (SSSR count). The Balaban J connectivity index is 1.73. The summed E-state index contributed by atoms with van der Waals surface area (Å²) in [4.78, 5) is 14.2. The number of nitrogens with zero attached hydrogens (tertiary/aromatic N) is 2. The molecule has 0 radical (unpaired) electrons. The summed E-state index contributed by atoms with van der Waals surface area (Å²) in [5, 5.41) is 0. The van der Waals surface area contributed by atoms with Crippen molar-refractivity contribution in [2.75, 3.05) is 17.8 Å².